The number of amides is 1. The molecule has 4 rings (SSSR count). The number of anilines is 2. The minimum Gasteiger partial charge on any atom is -0.340 e. The van der Waals surface area contributed by atoms with Gasteiger partial charge in [0, 0.05) is 42.2 Å². The van der Waals surface area contributed by atoms with Gasteiger partial charge in [-0.2, -0.15) is 0 Å². The Kier molecular flexibility index (Phi) is 6.55. The first-order valence-electron chi connectivity index (χ1n) is 11.1. The topological polar surface area (TPSA) is 71.0 Å². The Hall–Kier alpha value is -3.28. The van der Waals surface area contributed by atoms with Gasteiger partial charge >= 0.3 is 0 Å². The number of rotatable bonds is 7. The van der Waals surface area contributed by atoms with Crippen molar-refractivity contribution in [3.05, 3.63) is 66.7 Å². The molecule has 31 heavy (non-hydrogen) atoms. The van der Waals surface area contributed by atoms with Gasteiger partial charge in [-0.15, -0.1) is 0 Å². The van der Waals surface area contributed by atoms with Crippen molar-refractivity contribution in [2.45, 2.75) is 45.6 Å². The standard InChI is InChI=1S/C25H29N5O/c1-3-18(4-2)25(31)30-15-9-13-22(30)24-28-21(19-10-8-14-26-17-19)16-23(29-24)27-20-11-6-5-7-12-20/h5-8,10-12,14,16-18,22H,3-4,9,13,15H2,1-2H3,(H,27,28,29)/t22-/m0/s1. The Labute approximate surface area is 183 Å². The molecule has 3 aromatic rings. The van der Waals surface area contributed by atoms with Crippen LogP contribution in [0.1, 0.15) is 51.4 Å². The van der Waals surface area contributed by atoms with Gasteiger partial charge < -0.3 is 10.2 Å². The zero-order chi connectivity index (χ0) is 21.6. The van der Waals surface area contributed by atoms with Crippen molar-refractivity contribution in [2.24, 2.45) is 5.92 Å². The van der Waals surface area contributed by atoms with Crippen LogP contribution in [0.25, 0.3) is 11.3 Å². The second-order valence-corrected chi connectivity index (χ2v) is 7.93. The monoisotopic (exact) mass is 415 g/mol. The van der Waals surface area contributed by atoms with Crippen LogP contribution in [0, 0.1) is 5.92 Å². The Morgan fingerprint density at radius 1 is 1.13 bits per heavy atom. The van der Waals surface area contributed by atoms with Crippen LogP contribution in [0.4, 0.5) is 11.5 Å². The number of nitrogens with one attached hydrogen (secondary N) is 1. The lowest BCUT2D eigenvalue weighted by Gasteiger charge is -2.27. The molecule has 6 heteroatoms. The molecule has 0 radical (unpaired) electrons. The first-order valence-corrected chi connectivity index (χ1v) is 11.1. The molecule has 1 aliphatic heterocycles. The average molecular weight is 416 g/mol. The molecule has 1 aliphatic rings. The van der Waals surface area contributed by atoms with Crippen LogP contribution >= 0.6 is 0 Å². The fourth-order valence-electron chi connectivity index (χ4n) is 4.18. The van der Waals surface area contributed by atoms with Crippen LogP contribution < -0.4 is 5.32 Å². The Morgan fingerprint density at radius 2 is 1.94 bits per heavy atom. The smallest absolute Gasteiger partial charge is 0.226 e. The molecule has 2 aromatic heterocycles. The highest BCUT2D eigenvalue weighted by molar-refractivity contribution is 5.79. The average Bonchev–Trinajstić information content (AvgIpc) is 3.31. The van der Waals surface area contributed by atoms with Crippen molar-refractivity contribution in [3.8, 4) is 11.3 Å². The Balaban J connectivity index is 1.72. The lowest BCUT2D eigenvalue weighted by Crippen LogP contribution is -2.36. The summed E-state index contributed by atoms with van der Waals surface area (Å²) >= 11 is 0. The van der Waals surface area contributed by atoms with Crippen LogP contribution in [0.3, 0.4) is 0 Å². The summed E-state index contributed by atoms with van der Waals surface area (Å²) in [5.41, 5.74) is 2.69. The number of hydrogen-bond donors (Lipinski definition) is 1. The van der Waals surface area contributed by atoms with Crippen molar-refractivity contribution < 1.29 is 4.79 Å². The quantitative estimate of drug-likeness (QED) is 0.561. The predicted molar refractivity (Wildman–Crippen MR) is 123 cm³/mol. The first-order chi connectivity index (χ1) is 15.2. The highest BCUT2D eigenvalue weighted by Gasteiger charge is 2.34. The van der Waals surface area contributed by atoms with Crippen LogP contribution in [0.15, 0.2) is 60.9 Å². The number of pyridine rings is 1. The number of para-hydroxylation sites is 1. The number of benzene rings is 1. The molecular formula is C25H29N5O. The number of likely N-dealkylation sites (tertiary alicyclic amines) is 1. The molecule has 160 valence electrons. The Morgan fingerprint density at radius 3 is 2.65 bits per heavy atom. The summed E-state index contributed by atoms with van der Waals surface area (Å²) in [6, 6.07) is 15.7. The maximum Gasteiger partial charge on any atom is 0.226 e. The highest BCUT2D eigenvalue weighted by atomic mass is 16.2. The summed E-state index contributed by atoms with van der Waals surface area (Å²) in [4.78, 5) is 29.1. The van der Waals surface area contributed by atoms with E-state index in [1.807, 2.05) is 53.4 Å². The second kappa shape index (κ2) is 9.69. The van der Waals surface area contributed by atoms with E-state index in [9.17, 15) is 4.79 Å². The van der Waals surface area contributed by atoms with E-state index in [4.69, 9.17) is 9.97 Å². The summed E-state index contributed by atoms with van der Waals surface area (Å²) in [5, 5.41) is 3.39. The lowest BCUT2D eigenvalue weighted by atomic mass is 10.0. The van der Waals surface area contributed by atoms with Crippen molar-refractivity contribution in [1.29, 1.82) is 0 Å². The molecule has 1 fully saturated rings. The van der Waals surface area contributed by atoms with Crippen molar-refractivity contribution >= 4 is 17.4 Å². The molecule has 0 saturated carbocycles. The van der Waals surface area contributed by atoms with Crippen LogP contribution in [-0.2, 0) is 4.79 Å². The van der Waals surface area contributed by atoms with Gasteiger partial charge in [0.1, 0.15) is 5.82 Å². The van der Waals surface area contributed by atoms with Gasteiger partial charge in [-0.1, -0.05) is 32.0 Å². The van der Waals surface area contributed by atoms with Gasteiger partial charge in [0.15, 0.2) is 5.82 Å². The second-order valence-electron chi connectivity index (χ2n) is 7.93. The largest absolute Gasteiger partial charge is 0.340 e. The molecule has 1 atom stereocenters. The number of carbonyl (C=O) groups excluding carboxylic acids is 1. The third kappa shape index (κ3) is 4.74. The molecule has 1 N–H and O–H groups in total. The minimum atomic E-state index is -0.0963. The van der Waals surface area contributed by atoms with Crippen LogP contribution in [-0.4, -0.2) is 32.3 Å². The fourth-order valence-corrected chi connectivity index (χ4v) is 4.18. The Bertz CT molecular complexity index is 1000. The lowest BCUT2D eigenvalue weighted by molar-refractivity contribution is -0.136. The van der Waals surface area contributed by atoms with E-state index in [0.29, 0.717) is 5.82 Å². The molecule has 0 spiro atoms. The zero-order valence-corrected chi connectivity index (χ0v) is 18.2. The summed E-state index contributed by atoms with van der Waals surface area (Å²) in [6.45, 7) is 4.93. The normalized spacial score (nSPS) is 16.0. The number of hydrogen-bond acceptors (Lipinski definition) is 5. The molecule has 1 amide bonds. The van der Waals surface area contributed by atoms with Gasteiger partial charge in [0.25, 0.3) is 0 Å². The molecule has 0 unspecified atom stereocenters. The molecule has 1 aromatic carbocycles. The summed E-state index contributed by atoms with van der Waals surface area (Å²) < 4.78 is 0. The third-order valence-corrected chi connectivity index (χ3v) is 5.92. The van der Waals surface area contributed by atoms with Gasteiger partial charge in [-0.25, -0.2) is 9.97 Å². The molecular weight excluding hydrogens is 386 g/mol. The maximum atomic E-state index is 13.2. The first kappa shape index (κ1) is 21.0. The van der Waals surface area contributed by atoms with Crippen molar-refractivity contribution in [2.75, 3.05) is 11.9 Å². The van der Waals surface area contributed by atoms with Crippen LogP contribution in [0.5, 0.6) is 0 Å². The summed E-state index contributed by atoms with van der Waals surface area (Å²) in [7, 11) is 0. The van der Waals surface area contributed by atoms with E-state index < -0.39 is 0 Å². The van der Waals surface area contributed by atoms with Gasteiger partial charge in [0.2, 0.25) is 5.91 Å². The van der Waals surface area contributed by atoms with E-state index in [0.717, 1.165) is 55.0 Å². The summed E-state index contributed by atoms with van der Waals surface area (Å²) in [6.07, 6.45) is 7.12. The fraction of sp³-hybridized carbons (Fsp3) is 0.360. The third-order valence-electron chi connectivity index (χ3n) is 5.92. The van der Waals surface area contributed by atoms with E-state index in [-0.39, 0.29) is 17.9 Å². The minimum absolute atomic E-state index is 0.0593. The highest BCUT2D eigenvalue weighted by Crippen LogP contribution is 2.34. The van der Waals surface area contributed by atoms with E-state index in [2.05, 4.69) is 24.1 Å². The van der Waals surface area contributed by atoms with Crippen LogP contribution in [0.2, 0.25) is 0 Å². The van der Waals surface area contributed by atoms with E-state index >= 15 is 0 Å². The predicted octanol–water partition coefficient (Wildman–Crippen LogP) is 5.38. The van der Waals surface area contributed by atoms with Gasteiger partial charge in [-0.05, 0) is 49.9 Å². The zero-order valence-electron chi connectivity index (χ0n) is 18.2. The number of nitrogens with zero attached hydrogens (tertiary/aromatic N) is 4. The summed E-state index contributed by atoms with van der Waals surface area (Å²) in [5.74, 6) is 1.69. The van der Waals surface area contributed by atoms with Crippen molar-refractivity contribution in [3.63, 3.8) is 0 Å². The van der Waals surface area contributed by atoms with E-state index in [1.54, 1.807) is 12.4 Å². The molecule has 6 nitrogen and oxygen atoms in total. The van der Waals surface area contributed by atoms with Gasteiger partial charge in [-0.3, -0.25) is 9.78 Å². The molecule has 1 saturated heterocycles. The number of carbonyl (C=O) groups is 1. The molecule has 0 bridgehead atoms. The SMILES string of the molecule is CCC(CC)C(=O)N1CCC[C@H]1c1nc(Nc2ccccc2)cc(-c2cccnc2)n1. The van der Waals surface area contributed by atoms with Gasteiger partial charge in [0.05, 0.1) is 11.7 Å². The van der Waals surface area contributed by atoms with E-state index in [1.165, 1.54) is 0 Å². The molecule has 0 aliphatic carbocycles. The number of aromatic nitrogens is 3. The van der Waals surface area contributed by atoms with Crippen molar-refractivity contribution in [1.82, 2.24) is 19.9 Å². The molecule has 3 heterocycles. The maximum absolute atomic E-state index is 13.2.